The number of benzene rings is 2. The van der Waals surface area contributed by atoms with Gasteiger partial charge in [-0.25, -0.2) is 0 Å². The molecule has 0 radical (unpaired) electrons. The molecule has 2 aromatic heterocycles. The SMILES string of the molecule is O=[N+]([O-])c1ccccc1-c1ccc(C2(c3ccc(-c4ccccc4[N+](=O)[O-])[nH]3)C3CC4CC(C3)CC2C4)[nH]1. The molecular weight excluding hydrogens is 480 g/mol. The Kier molecular flexibility index (Phi) is 5.08. The Morgan fingerprint density at radius 2 is 1.03 bits per heavy atom. The standard InChI is InChI=1S/C30H28N4O4/c35-33(36)26-7-3-1-5-22(26)24-9-11-28(31-24)30(20-14-18-13-19(16-20)17-21(30)15-18)29-12-10-25(32-29)23-6-2-4-8-27(23)34(37)38/h1-12,18-21,31-32H,13-17H2. The Morgan fingerprint density at radius 1 is 0.605 bits per heavy atom. The summed E-state index contributed by atoms with van der Waals surface area (Å²) in [7, 11) is 0. The van der Waals surface area contributed by atoms with Crippen LogP contribution < -0.4 is 0 Å². The number of aromatic nitrogens is 2. The topological polar surface area (TPSA) is 118 Å². The van der Waals surface area contributed by atoms with Gasteiger partial charge < -0.3 is 9.97 Å². The van der Waals surface area contributed by atoms with Crippen LogP contribution in [0.25, 0.3) is 22.5 Å². The predicted molar refractivity (Wildman–Crippen MR) is 144 cm³/mol. The Bertz CT molecular complexity index is 1440. The maximum atomic E-state index is 11.7. The van der Waals surface area contributed by atoms with Crippen molar-refractivity contribution >= 4 is 11.4 Å². The third-order valence-corrected chi connectivity index (χ3v) is 9.47. The largest absolute Gasteiger partial charge is 0.357 e. The molecule has 0 unspecified atom stereocenters. The third-order valence-electron chi connectivity index (χ3n) is 9.47. The Balaban J connectivity index is 1.38. The van der Waals surface area contributed by atoms with Crippen LogP contribution in [0.15, 0.2) is 72.8 Å². The van der Waals surface area contributed by atoms with Crippen molar-refractivity contribution in [2.75, 3.05) is 0 Å². The van der Waals surface area contributed by atoms with Gasteiger partial charge >= 0.3 is 0 Å². The van der Waals surface area contributed by atoms with Gasteiger partial charge in [-0.2, -0.15) is 0 Å². The van der Waals surface area contributed by atoms with E-state index in [1.165, 1.54) is 6.42 Å². The van der Waals surface area contributed by atoms with Gasteiger partial charge in [0.2, 0.25) is 0 Å². The molecule has 4 saturated carbocycles. The molecule has 2 aromatic carbocycles. The second-order valence-electron chi connectivity index (χ2n) is 11.3. The monoisotopic (exact) mass is 508 g/mol. The summed E-state index contributed by atoms with van der Waals surface area (Å²) in [5, 5.41) is 23.5. The Morgan fingerprint density at radius 3 is 1.45 bits per heavy atom. The van der Waals surface area contributed by atoms with Gasteiger partial charge in [0.15, 0.2) is 0 Å². The summed E-state index contributed by atoms with van der Waals surface area (Å²) in [4.78, 5) is 30.1. The molecule has 4 bridgehead atoms. The molecule has 4 fully saturated rings. The summed E-state index contributed by atoms with van der Waals surface area (Å²) >= 11 is 0. The molecule has 38 heavy (non-hydrogen) atoms. The molecule has 2 N–H and O–H groups in total. The normalized spacial score (nSPS) is 24.9. The summed E-state index contributed by atoms with van der Waals surface area (Å²) in [5.74, 6) is 2.38. The van der Waals surface area contributed by atoms with Crippen molar-refractivity contribution in [2.45, 2.75) is 37.5 Å². The number of aromatic amines is 2. The molecule has 8 nitrogen and oxygen atoms in total. The van der Waals surface area contributed by atoms with Crippen LogP contribution >= 0.6 is 0 Å². The zero-order chi connectivity index (χ0) is 26.0. The van der Waals surface area contributed by atoms with Crippen molar-refractivity contribution in [1.82, 2.24) is 9.97 Å². The molecule has 8 heteroatoms. The van der Waals surface area contributed by atoms with E-state index >= 15 is 0 Å². The molecule has 8 rings (SSSR count). The van der Waals surface area contributed by atoms with E-state index in [0.29, 0.717) is 23.0 Å². The lowest BCUT2D eigenvalue weighted by atomic mass is 9.43. The molecule has 0 saturated heterocycles. The number of H-pyrrole nitrogens is 2. The van der Waals surface area contributed by atoms with E-state index in [1.54, 1.807) is 36.4 Å². The average molecular weight is 509 g/mol. The van der Waals surface area contributed by atoms with E-state index in [0.717, 1.165) is 60.3 Å². The van der Waals surface area contributed by atoms with Crippen molar-refractivity contribution < 1.29 is 9.85 Å². The minimum atomic E-state index is -0.335. The van der Waals surface area contributed by atoms with E-state index in [2.05, 4.69) is 22.1 Å². The van der Waals surface area contributed by atoms with Crippen LogP contribution in [-0.2, 0) is 5.41 Å². The Labute approximate surface area is 219 Å². The number of hydrogen-bond acceptors (Lipinski definition) is 4. The zero-order valence-corrected chi connectivity index (χ0v) is 20.8. The van der Waals surface area contributed by atoms with E-state index in [9.17, 15) is 20.2 Å². The van der Waals surface area contributed by atoms with Crippen LogP contribution in [0.2, 0.25) is 0 Å². The fourth-order valence-electron chi connectivity index (χ4n) is 8.26. The van der Waals surface area contributed by atoms with E-state index in [4.69, 9.17) is 0 Å². The molecule has 2 heterocycles. The van der Waals surface area contributed by atoms with E-state index < -0.39 is 0 Å². The Hall–Kier alpha value is -4.20. The summed E-state index contributed by atoms with van der Waals surface area (Å²) in [6.07, 6.45) is 5.96. The lowest BCUT2D eigenvalue weighted by molar-refractivity contribution is -0.384. The first-order chi connectivity index (χ1) is 18.4. The smallest absolute Gasteiger partial charge is 0.278 e. The molecule has 4 aliphatic carbocycles. The highest BCUT2D eigenvalue weighted by Crippen LogP contribution is 2.65. The van der Waals surface area contributed by atoms with Crippen LogP contribution in [0.5, 0.6) is 0 Å². The molecule has 192 valence electrons. The van der Waals surface area contributed by atoms with Crippen LogP contribution in [-0.4, -0.2) is 19.8 Å². The third kappa shape index (κ3) is 3.29. The first-order valence-corrected chi connectivity index (χ1v) is 13.3. The number of nitro groups is 2. The van der Waals surface area contributed by atoms with E-state index in [1.807, 2.05) is 24.3 Å². The van der Waals surface area contributed by atoms with Gasteiger partial charge in [0, 0.05) is 23.5 Å². The van der Waals surface area contributed by atoms with Crippen LogP contribution in [0.1, 0.15) is 43.5 Å². The fraction of sp³-hybridized carbons (Fsp3) is 0.333. The quantitative estimate of drug-likeness (QED) is 0.211. The van der Waals surface area contributed by atoms with Gasteiger partial charge in [-0.3, -0.25) is 20.2 Å². The highest BCUT2D eigenvalue weighted by molar-refractivity contribution is 5.73. The lowest BCUT2D eigenvalue weighted by Gasteiger charge is -2.61. The first-order valence-electron chi connectivity index (χ1n) is 13.3. The molecule has 4 aliphatic rings. The number of hydrogen-bond donors (Lipinski definition) is 2. The number of rotatable bonds is 6. The van der Waals surface area contributed by atoms with Crippen LogP contribution in [0.3, 0.4) is 0 Å². The van der Waals surface area contributed by atoms with Crippen LogP contribution in [0, 0.1) is 43.9 Å². The first kappa shape index (κ1) is 23.0. The maximum Gasteiger partial charge on any atom is 0.278 e. The predicted octanol–water partition coefficient (Wildman–Crippen LogP) is 7.24. The van der Waals surface area contributed by atoms with Crippen molar-refractivity contribution in [2.24, 2.45) is 23.7 Å². The van der Waals surface area contributed by atoms with Gasteiger partial charge in [-0.05, 0) is 92.2 Å². The number of nitrogens with one attached hydrogen (secondary N) is 2. The fourth-order valence-corrected chi connectivity index (χ4v) is 8.26. The van der Waals surface area contributed by atoms with Gasteiger partial charge in [-0.1, -0.05) is 24.3 Å². The maximum absolute atomic E-state index is 11.7. The molecule has 0 spiro atoms. The second kappa shape index (κ2) is 8.41. The second-order valence-corrected chi connectivity index (χ2v) is 11.3. The summed E-state index contributed by atoms with van der Waals surface area (Å²) in [5.41, 5.74) is 4.67. The van der Waals surface area contributed by atoms with Gasteiger partial charge in [0.1, 0.15) is 0 Å². The number of nitrogens with zero attached hydrogens (tertiary/aromatic N) is 2. The minimum absolute atomic E-state index is 0.0820. The summed E-state index contributed by atoms with van der Waals surface area (Å²) in [6.45, 7) is 0. The van der Waals surface area contributed by atoms with Crippen molar-refractivity contribution in [3.05, 3.63) is 104 Å². The molecule has 4 aromatic rings. The lowest BCUT2D eigenvalue weighted by Crippen LogP contribution is -2.56. The summed E-state index contributed by atoms with van der Waals surface area (Å²) in [6, 6.07) is 21.8. The van der Waals surface area contributed by atoms with Gasteiger partial charge in [-0.15, -0.1) is 0 Å². The van der Waals surface area contributed by atoms with Crippen LogP contribution in [0.4, 0.5) is 11.4 Å². The van der Waals surface area contributed by atoms with Crippen molar-refractivity contribution in [3.8, 4) is 22.5 Å². The molecule has 0 amide bonds. The molecule has 0 aliphatic heterocycles. The molecular formula is C30H28N4O4. The molecule has 0 atom stereocenters. The number of para-hydroxylation sites is 2. The van der Waals surface area contributed by atoms with Crippen molar-refractivity contribution in [3.63, 3.8) is 0 Å². The zero-order valence-electron chi connectivity index (χ0n) is 20.8. The minimum Gasteiger partial charge on any atom is -0.357 e. The highest BCUT2D eigenvalue weighted by atomic mass is 16.6. The number of nitro benzene ring substituents is 2. The average Bonchev–Trinajstić information content (AvgIpc) is 3.60. The summed E-state index contributed by atoms with van der Waals surface area (Å²) < 4.78 is 0. The van der Waals surface area contributed by atoms with Gasteiger partial charge in [0.05, 0.1) is 37.8 Å². The van der Waals surface area contributed by atoms with Crippen molar-refractivity contribution in [1.29, 1.82) is 0 Å². The van der Waals surface area contributed by atoms with E-state index in [-0.39, 0.29) is 26.6 Å². The highest BCUT2D eigenvalue weighted by Gasteiger charge is 2.59. The van der Waals surface area contributed by atoms with Gasteiger partial charge in [0.25, 0.3) is 11.4 Å².